The van der Waals surface area contributed by atoms with E-state index < -0.39 is 23.9 Å². The monoisotopic (exact) mass is 250 g/mol. The van der Waals surface area contributed by atoms with Gasteiger partial charge in [0.05, 0.1) is 0 Å². The number of hydrogen-bond donors (Lipinski definition) is 1. The first-order valence-corrected chi connectivity index (χ1v) is 5.21. The molecule has 0 amide bonds. The number of halogens is 3. The standard InChI is InChI=1S/C10H13F3N2O2/c1-2-3-4-7(9(16)17)15-6-5-8(14-15)10(11,12)13/h5-7H,2-4H2,1H3,(H,16,17). The van der Waals surface area contributed by atoms with Gasteiger partial charge >= 0.3 is 12.1 Å². The summed E-state index contributed by atoms with van der Waals surface area (Å²) in [6.45, 7) is 1.88. The minimum absolute atomic E-state index is 0.269. The van der Waals surface area contributed by atoms with Gasteiger partial charge in [-0.15, -0.1) is 0 Å². The molecular weight excluding hydrogens is 237 g/mol. The summed E-state index contributed by atoms with van der Waals surface area (Å²) in [5.41, 5.74) is -1.07. The lowest BCUT2D eigenvalue weighted by atomic mass is 10.1. The molecule has 0 saturated carbocycles. The summed E-state index contributed by atoms with van der Waals surface area (Å²) in [6.07, 6.45) is -1.82. The number of nitrogens with zero attached hydrogens (tertiary/aromatic N) is 2. The van der Waals surface area contributed by atoms with E-state index in [4.69, 9.17) is 5.11 Å². The maximum absolute atomic E-state index is 12.3. The molecule has 0 spiro atoms. The maximum Gasteiger partial charge on any atom is 0.435 e. The predicted molar refractivity (Wildman–Crippen MR) is 53.4 cm³/mol. The van der Waals surface area contributed by atoms with Crippen molar-refractivity contribution in [1.82, 2.24) is 9.78 Å². The summed E-state index contributed by atoms with van der Waals surface area (Å²) in [4.78, 5) is 10.9. The van der Waals surface area contributed by atoms with Crippen molar-refractivity contribution in [2.75, 3.05) is 0 Å². The van der Waals surface area contributed by atoms with Gasteiger partial charge < -0.3 is 5.11 Å². The zero-order valence-corrected chi connectivity index (χ0v) is 9.24. The molecule has 7 heteroatoms. The van der Waals surface area contributed by atoms with Gasteiger partial charge in [-0.05, 0) is 12.5 Å². The number of carboxylic acids is 1. The predicted octanol–water partition coefficient (Wildman–Crippen LogP) is 2.72. The number of carboxylic acid groups (broad SMARTS) is 1. The zero-order chi connectivity index (χ0) is 13.1. The van der Waals surface area contributed by atoms with Crippen LogP contribution < -0.4 is 0 Å². The smallest absolute Gasteiger partial charge is 0.435 e. The third kappa shape index (κ3) is 3.47. The molecule has 0 saturated heterocycles. The second-order valence-corrected chi connectivity index (χ2v) is 3.68. The second kappa shape index (κ2) is 5.20. The van der Waals surface area contributed by atoms with Crippen LogP contribution in [0.3, 0.4) is 0 Å². The third-order valence-corrected chi connectivity index (χ3v) is 2.33. The number of hydrogen-bond acceptors (Lipinski definition) is 2. The molecule has 96 valence electrons. The largest absolute Gasteiger partial charge is 0.480 e. The molecule has 1 atom stereocenters. The first-order chi connectivity index (χ1) is 7.86. The molecule has 0 aromatic carbocycles. The third-order valence-electron chi connectivity index (χ3n) is 2.33. The van der Waals surface area contributed by atoms with Crippen molar-refractivity contribution < 1.29 is 23.1 Å². The molecule has 1 rings (SSSR count). The highest BCUT2D eigenvalue weighted by atomic mass is 19.4. The molecule has 0 radical (unpaired) electrons. The Morgan fingerprint density at radius 1 is 1.59 bits per heavy atom. The van der Waals surface area contributed by atoms with Crippen molar-refractivity contribution in [3.05, 3.63) is 18.0 Å². The highest BCUT2D eigenvalue weighted by molar-refractivity contribution is 5.71. The van der Waals surface area contributed by atoms with Gasteiger partial charge in [0, 0.05) is 6.20 Å². The molecule has 0 aliphatic carbocycles. The SMILES string of the molecule is CCCCC(C(=O)O)n1ccc(C(F)(F)F)n1. The van der Waals surface area contributed by atoms with Crippen molar-refractivity contribution in [2.24, 2.45) is 0 Å². The van der Waals surface area contributed by atoms with E-state index in [-0.39, 0.29) is 6.42 Å². The zero-order valence-electron chi connectivity index (χ0n) is 9.24. The normalized spacial score (nSPS) is 13.6. The fraction of sp³-hybridized carbons (Fsp3) is 0.600. The maximum atomic E-state index is 12.3. The van der Waals surface area contributed by atoms with E-state index in [0.29, 0.717) is 6.42 Å². The summed E-state index contributed by atoms with van der Waals surface area (Å²) >= 11 is 0. The molecule has 4 nitrogen and oxygen atoms in total. The number of carbonyl (C=O) groups is 1. The average molecular weight is 250 g/mol. The van der Waals surface area contributed by atoms with Crippen LogP contribution in [0.15, 0.2) is 12.3 Å². The number of unbranched alkanes of at least 4 members (excludes halogenated alkanes) is 1. The van der Waals surface area contributed by atoms with Gasteiger partial charge in [0.15, 0.2) is 5.69 Å². The van der Waals surface area contributed by atoms with E-state index in [1.54, 1.807) is 0 Å². The Kier molecular flexibility index (Phi) is 4.14. The Hall–Kier alpha value is -1.53. The summed E-state index contributed by atoms with van der Waals surface area (Å²) in [5.74, 6) is -1.17. The molecule has 1 aromatic heterocycles. The number of aromatic nitrogens is 2. The van der Waals surface area contributed by atoms with Gasteiger partial charge in [-0.3, -0.25) is 4.68 Å². The topological polar surface area (TPSA) is 55.1 Å². The molecule has 0 bridgehead atoms. The van der Waals surface area contributed by atoms with Crippen LogP contribution in [-0.2, 0) is 11.0 Å². The lowest BCUT2D eigenvalue weighted by Crippen LogP contribution is -2.20. The minimum Gasteiger partial charge on any atom is -0.480 e. The Bertz CT molecular complexity index is 387. The lowest BCUT2D eigenvalue weighted by molar-refractivity contribution is -0.144. The highest BCUT2D eigenvalue weighted by Crippen LogP contribution is 2.28. The van der Waals surface area contributed by atoms with Gasteiger partial charge in [0.2, 0.25) is 0 Å². The van der Waals surface area contributed by atoms with Gasteiger partial charge in [0.1, 0.15) is 6.04 Å². The van der Waals surface area contributed by atoms with Crippen LogP contribution in [0.2, 0.25) is 0 Å². The van der Waals surface area contributed by atoms with E-state index >= 15 is 0 Å². The summed E-state index contributed by atoms with van der Waals surface area (Å²) in [7, 11) is 0. The quantitative estimate of drug-likeness (QED) is 0.874. The Morgan fingerprint density at radius 2 is 2.24 bits per heavy atom. The first-order valence-electron chi connectivity index (χ1n) is 5.21. The Morgan fingerprint density at radius 3 is 2.65 bits per heavy atom. The minimum atomic E-state index is -4.54. The van der Waals surface area contributed by atoms with Crippen molar-refractivity contribution in [1.29, 1.82) is 0 Å². The van der Waals surface area contributed by atoms with Gasteiger partial charge in [-0.25, -0.2) is 4.79 Å². The second-order valence-electron chi connectivity index (χ2n) is 3.68. The lowest BCUT2D eigenvalue weighted by Gasteiger charge is -2.12. The van der Waals surface area contributed by atoms with Crippen LogP contribution in [-0.4, -0.2) is 20.9 Å². The molecule has 0 aliphatic rings. The molecule has 0 fully saturated rings. The van der Waals surface area contributed by atoms with E-state index in [2.05, 4.69) is 5.10 Å². The van der Waals surface area contributed by atoms with E-state index in [0.717, 1.165) is 23.4 Å². The number of rotatable bonds is 5. The van der Waals surface area contributed by atoms with Crippen molar-refractivity contribution in [2.45, 2.75) is 38.4 Å². The van der Waals surface area contributed by atoms with Crippen LogP contribution in [0.1, 0.15) is 37.9 Å². The van der Waals surface area contributed by atoms with Crippen LogP contribution in [0, 0.1) is 0 Å². The summed E-state index contributed by atoms with van der Waals surface area (Å²) < 4.78 is 37.7. The molecule has 0 aliphatic heterocycles. The fourth-order valence-electron chi connectivity index (χ4n) is 1.43. The van der Waals surface area contributed by atoms with Crippen molar-refractivity contribution >= 4 is 5.97 Å². The van der Waals surface area contributed by atoms with E-state index in [9.17, 15) is 18.0 Å². The van der Waals surface area contributed by atoms with E-state index in [1.807, 2.05) is 6.92 Å². The summed E-state index contributed by atoms with van der Waals surface area (Å²) in [6, 6.07) is -0.256. The first kappa shape index (κ1) is 13.5. The van der Waals surface area contributed by atoms with Gasteiger partial charge in [-0.2, -0.15) is 18.3 Å². The Labute approximate surface area is 96.0 Å². The van der Waals surface area contributed by atoms with E-state index in [1.165, 1.54) is 0 Å². The molecule has 1 aromatic rings. The molecule has 1 N–H and O–H groups in total. The van der Waals surface area contributed by atoms with Crippen LogP contribution in [0.4, 0.5) is 13.2 Å². The van der Waals surface area contributed by atoms with Gasteiger partial charge in [0.25, 0.3) is 0 Å². The summed E-state index contributed by atoms with van der Waals surface area (Å²) in [5, 5.41) is 12.2. The number of aliphatic carboxylic acids is 1. The van der Waals surface area contributed by atoms with Crippen molar-refractivity contribution in [3.63, 3.8) is 0 Å². The van der Waals surface area contributed by atoms with Crippen LogP contribution in [0.5, 0.6) is 0 Å². The molecule has 1 heterocycles. The molecular formula is C10H13F3N2O2. The average Bonchev–Trinajstić information content (AvgIpc) is 2.66. The van der Waals surface area contributed by atoms with Crippen molar-refractivity contribution in [3.8, 4) is 0 Å². The fourth-order valence-corrected chi connectivity index (χ4v) is 1.43. The van der Waals surface area contributed by atoms with Gasteiger partial charge in [-0.1, -0.05) is 19.8 Å². The Balaban J connectivity index is 2.88. The van der Waals surface area contributed by atoms with Crippen LogP contribution in [0.25, 0.3) is 0 Å². The number of alkyl halides is 3. The van der Waals surface area contributed by atoms with Crippen LogP contribution >= 0.6 is 0 Å². The molecule has 1 unspecified atom stereocenters. The highest BCUT2D eigenvalue weighted by Gasteiger charge is 2.34. The molecule has 17 heavy (non-hydrogen) atoms.